The number of nitrogens with two attached hydrogens (primary N) is 2. The summed E-state index contributed by atoms with van der Waals surface area (Å²) in [7, 11) is 0. The van der Waals surface area contributed by atoms with Crippen LogP contribution in [0.3, 0.4) is 0 Å². The van der Waals surface area contributed by atoms with Crippen LogP contribution in [0.4, 0.5) is 11.8 Å². The average Bonchev–Trinajstić information content (AvgIpc) is 2.34. The molecule has 0 spiro atoms. The number of nitrogens with zero attached hydrogens (tertiary/aromatic N) is 4. The molecule has 0 atom stereocenters. The van der Waals surface area contributed by atoms with Gasteiger partial charge < -0.3 is 11.5 Å². The number of anilines is 2. The highest BCUT2D eigenvalue weighted by Gasteiger charge is 2.00. The highest BCUT2D eigenvalue weighted by Crippen LogP contribution is 2.06. The predicted octanol–water partition coefficient (Wildman–Crippen LogP) is -0.711. The van der Waals surface area contributed by atoms with Gasteiger partial charge in [-0.2, -0.15) is 14.6 Å². The van der Waals surface area contributed by atoms with E-state index in [1.54, 1.807) is 6.07 Å². The summed E-state index contributed by atoms with van der Waals surface area (Å²) in [5.74, 6) is 0.598. The molecule has 4 N–H and O–H groups in total. The molecule has 6 heteroatoms. The molecule has 0 unspecified atom stereocenters. The highest BCUT2D eigenvalue weighted by atomic mass is 15.3. The first-order valence-electron chi connectivity index (χ1n) is 2.99. The minimum absolute atomic E-state index is 0.248. The average molecular weight is 150 g/mol. The zero-order chi connectivity index (χ0) is 7.84. The minimum atomic E-state index is 0.248. The van der Waals surface area contributed by atoms with Gasteiger partial charge in [-0.3, -0.25) is 0 Å². The van der Waals surface area contributed by atoms with Gasteiger partial charge in [0.05, 0.1) is 0 Å². The molecule has 2 rings (SSSR count). The van der Waals surface area contributed by atoms with Crippen molar-refractivity contribution in [1.29, 1.82) is 0 Å². The molecule has 2 heterocycles. The van der Waals surface area contributed by atoms with E-state index >= 15 is 0 Å². The maximum absolute atomic E-state index is 5.47. The molecule has 0 aliphatic rings. The van der Waals surface area contributed by atoms with Gasteiger partial charge in [0.25, 0.3) is 0 Å². The van der Waals surface area contributed by atoms with Crippen molar-refractivity contribution in [2.24, 2.45) is 0 Å². The monoisotopic (exact) mass is 150 g/mol. The third-order valence-corrected chi connectivity index (χ3v) is 1.31. The summed E-state index contributed by atoms with van der Waals surface area (Å²) in [4.78, 5) is 7.68. The van der Waals surface area contributed by atoms with Crippen LogP contribution < -0.4 is 11.5 Å². The van der Waals surface area contributed by atoms with E-state index in [9.17, 15) is 0 Å². The lowest BCUT2D eigenvalue weighted by Crippen LogP contribution is -2.03. The van der Waals surface area contributed by atoms with Crippen molar-refractivity contribution in [3.8, 4) is 0 Å². The van der Waals surface area contributed by atoms with E-state index in [0.717, 1.165) is 0 Å². The normalized spacial score (nSPS) is 10.5. The molecule has 0 aliphatic carbocycles. The van der Waals surface area contributed by atoms with E-state index in [-0.39, 0.29) is 5.95 Å². The molecule has 2 aromatic rings. The molecular weight excluding hydrogens is 144 g/mol. The van der Waals surface area contributed by atoms with E-state index in [1.165, 1.54) is 10.8 Å². The maximum atomic E-state index is 5.47. The number of fused-ring (bicyclic) bond motifs is 1. The first kappa shape index (κ1) is 5.90. The van der Waals surface area contributed by atoms with Gasteiger partial charge in [-0.05, 0) is 0 Å². The summed E-state index contributed by atoms with van der Waals surface area (Å²) < 4.78 is 1.41. The molecule has 56 valence electrons. The first-order chi connectivity index (χ1) is 5.27. The SMILES string of the molecule is Nc1cc2ncnn2c(N)n1. The molecule has 0 aliphatic heterocycles. The number of hydrogen-bond donors (Lipinski definition) is 2. The first-order valence-corrected chi connectivity index (χ1v) is 2.99. The third-order valence-electron chi connectivity index (χ3n) is 1.31. The van der Waals surface area contributed by atoms with Gasteiger partial charge in [0, 0.05) is 6.07 Å². The Morgan fingerprint density at radius 2 is 2.18 bits per heavy atom. The maximum Gasteiger partial charge on any atom is 0.225 e. The van der Waals surface area contributed by atoms with Gasteiger partial charge in [-0.25, -0.2) is 4.98 Å². The van der Waals surface area contributed by atoms with E-state index < -0.39 is 0 Å². The lowest BCUT2D eigenvalue weighted by Gasteiger charge is -1.96. The van der Waals surface area contributed by atoms with Crippen molar-refractivity contribution < 1.29 is 0 Å². The van der Waals surface area contributed by atoms with Gasteiger partial charge in [-0.15, -0.1) is 0 Å². The molecule has 6 nitrogen and oxygen atoms in total. The van der Waals surface area contributed by atoms with Crippen molar-refractivity contribution >= 4 is 17.4 Å². The van der Waals surface area contributed by atoms with Crippen LogP contribution in [0.5, 0.6) is 0 Å². The fraction of sp³-hybridized carbons (Fsp3) is 0. The summed E-state index contributed by atoms with van der Waals surface area (Å²) in [5, 5.41) is 3.82. The van der Waals surface area contributed by atoms with Crippen LogP contribution >= 0.6 is 0 Å². The number of hydrogen-bond acceptors (Lipinski definition) is 5. The third kappa shape index (κ3) is 0.759. The molecule has 2 aromatic heterocycles. The van der Waals surface area contributed by atoms with Crippen LogP contribution in [0, 0.1) is 0 Å². The van der Waals surface area contributed by atoms with E-state index in [2.05, 4.69) is 15.1 Å². The molecule has 0 amide bonds. The Bertz CT molecular complexity index is 391. The number of aromatic nitrogens is 4. The van der Waals surface area contributed by atoms with E-state index in [1.807, 2.05) is 0 Å². The zero-order valence-corrected chi connectivity index (χ0v) is 5.60. The van der Waals surface area contributed by atoms with Crippen molar-refractivity contribution in [3.63, 3.8) is 0 Å². The molecule has 0 saturated heterocycles. The van der Waals surface area contributed by atoms with Crippen LogP contribution in [0.1, 0.15) is 0 Å². The van der Waals surface area contributed by atoms with Crippen LogP contribution in [0.2, 0.25) is 0 Å². The van der Waals surface area contributed by atoms with Gasteiger partial charge in [0.2, 0.25) is 5.95 Å². The van der Waals surface area contributed by atoms with Gasteiger partial charge in [0.1, 0.15) is 12.1 Å². The second-order valence-corrected chi connectivity index (χ2v) is 2.07. The van der Waals surface area contributed by atoms with Gasteiger partial charge in [0.15, 0.2) is 5.65 Å². The molecule has 11 heavy (non-hydrogen) atoms. The van der Waals surface area contributed by atoms with Crippen molar-refractivity contribution in [2.75, 3.05) is 11.5 Å². The minimum Gasteiger partial charge on any atom is -0.383 e. The molecule has 0 radical (unpaired) electrons. The second kappa shape index (κ2) is 1.82. The van der Waals surface area contributed by atoms with Crippen LogP contribution in [0.15, 0.2) is 12.4 Å². The van der Waals surface area contributed by atoms with Crippen LogP contribution in [0.25, 0.3) is 5.65 Å². The Labute approximate surface area is 61.9 Å². The Hall–Kier alpha value is -1.85. The fourth-order valence-corrected chi connectivity index (χ4v) is 0.870. The molecule has 0 bridgehead atoms. The Morgan fingerprint density at radius 3 is 3.00 bits per heavy atom. The zero-order valence-electron chi connectivity index (χ0n) is 5.60. The van der Waals surface area contributed by atoms with E-state index in [0.29, 0.717) is 11.5 Å². The lowest BCUT2D eigenvalue weighted by molar-refractivity contribution is 0.942. The summed E-state index contributed by atoms with van der Waals surface area (Å²) >= 11 is 0. The van der Waals surface area contributed by atoms with Gasteiger partial charge >= 0.3 is 0 Å². The van der Waals surface area contributed by atoms with Crippen LogP contribution in [-0.4, -0.2) is 19.6 Å². The summed E-state index contributed by atoms with van der Waals surface area (Å²) in [6.45, 7) is 0. The quantitative estimate of drug-likeness (QED) is 0.517. The second-order valence-electron chi connectivity index (χ2n) is 2.07. The summed E-state index contributed by atoms with van der Waals surface area (Å²) in [6.07, 6.45) is 1.40. The Morgan fingerprint density at radius 1 is 1.36 bits per heavy atom. The molecule has 0 aromatic carbocycles. The van der Waals surface area contributed by atoms with E-state index in [4.69, 9.17) is 11.5 Å². The van der Waals surface area contributed by atoms with Gasteiger partial charge in [-0.1, -0.05) is 0 Å². The Kier molecular flexibility index (Phi) is 0.974. The van der Waals surface area contributed by atoms with Crippen molar-refractivity contribution in [1.82, 2.24) is 19.6 Å². The van der Waals surface area contributed by atoms with Crippen LogP contribution in [-0.2, 0) is 0 Å². The summed E-state index contributed by atoms with van der Waals surface area (Å²) in [5.41, 5.74) is 11.5. The smallest absolute Gasteiger partial charge is 0.225 e. The topological polar surface area (TPSA) is 95.1 Å². The predicted molar refractivity (Wildman–Crippen MR) is 39.6 cm³/mol. The number of nitrogen functional groups attached to an aromatic ring is 2. The standard InChI is InChI=1S/C5H6N6/c6-3-1-4-8-2-9-11(4)5(7)10-3/h1-2H,6H2,(H2,7,10). The molecular formula is C5H6N6. The summed E-state index contributed by atoms with van der Waals surface area (Å²) in [6, 6.07) is 1.60. The largest absolute Gasteiger partial charge is 0.383 e. The fourth-order valence-electron chi connectivity index (χ4n) is 0.870. The van der Waals surface area contributed by atoms with Crippen molar-refractivity contribution in [2.45, 2.75) is 0 Å². The Balaban J connectivity index is 2.91. The molecule has 0 saturated carbocycles. The lowest BCUT2D eigenvalue weighted by atomic mass is 10.6. The highest BCUT2D eigenvalue weighted by molar-refractivity contribution is 5.50. The van der Waals surface area contributed by atoms with Crippen molar-refractivity contribution in [3.05, 3.63) is 12.4 Å². The molecule has 0 fully saturated rings. The number of rotatable bonds is 0.